The maximum Gasteiger partial charge on any atom is 0.357 e. The second-order valence-corrected chi connectivity index (χ2v) is 4.31. The molecule has 1 saturated heterocycles. The predicted molar refractivity (Wildman–Crippen MR) is 64.7 cm³/mol. The van der Waals surface area contributed by atoms with Gasteiger partial charge in [0.25, 0.3) is 0 Å². The first-order valence-corrected chi connectivity index (χ1v) is 6.12. The molecule has 0 bridgehead atoms. The minimum absolute atomic E-state index is 0.119. The minimum Gasteiger partial charge on any atom is -0.363 e. The highest BCUT2D eigenvalue weighted by Crippen LogP contribution is 2.29. The van der Waals surface area contributed by atoms with Gasteiger partial charge in [0.1, 0.15) is 6.04 Å². The normalized spacial score (nSPS) is 19.5. The molecule has 0 spiro atoms. The third-order valence-corrected chi connectivity index (χ3v) is 3.07. The van der Waals surface area contributed by atoms with Crippen LogP contribution in [-0.4, -0.2) is 38.2 Å². The van der Waals surface area contributed by atoms with E-state index in [1.807, 2.05) is 6.07 Å². The lowest BCUT2D eigenvalue weighted by molar-refractivity contribution is -0.122. The summed E-state index contributed by atoms with van der Waals surface area (Å²) < 4.78 is 0. The number of aromatic amines is 1. The average Bonchev–Trinajstić information content (AvgIpc) is 3.10. The number of tetrazole rings is 1. The highest BCUT2D eigenvalue weighted by atomic mass is 16.7. The standard InChI is InChI=1S/C12H13N5O2/c18-12(9-5-2-1-3-6-9)19-17-8-4-7-10(17)11-13-15-16-14-11/h1-3,5-6,10H,4,7-8H2,(H,13,14,15,16). The van der Waals surface area contributed by atoms with Crippen LogP contribution in [0.15, 0.2) is 30.3 Å². The molecule has 1 aromatic carbocycles. The number of hydrogen-bond acceptors (Lipinski definition) is 6. The van der Waals surface area contributed by atoms with Crippen LogP contribution in [0, 0.1) is 0 Å². The van der Waals surface area contributed by atoms with Gasteiger partial charge in [-0.1, -0.05) is 23.4 Å². The Morgan fingerprint density at radius 3 is 2.95 bits per heavy atom. The van der Waals surface area contributed by atoms with E-state index in [2.05, 4.69) is 20.6 Å². The molecule has 1 unspecified atom stereocenters. The second-order valence-electron chi connectivity index (χ2n) is 4.31. The molecule has 1 fully saturated rings. The van der Waals surface area contributed by atoms with Crippen molar-refractivity contribution in [3.8, 4) is 0 Å². The number of hydroxylamine groups is 2. The summed E-state index contributed by atoms with van der Waals surface area (Å²) in [5.74, 6) is 0.189. The fraction of sp³-hybridized carbons (Fsp3) is 0.333. The predicted octanol–water partition coefficient (Wildman–Crippen LogP) is 1.11. The highest BCUT2D eigenvalue weighted by Gasteiger charge is 2.32. The van der Waals surface area contributed by atoms with E-state index in [4.69, 9.17) is 4.84 Å². The molecule has 1 aliphatic heterocycles. The first-order valence-electron chi connectivity index (χ1n) is 6.12. The third kappa shape index (κ3) is 2.45. The summed E-state index contributed by atoms with van der Waals surface area (Å²) in [6, 6.07) is 8.79. The molecule has 1 aliphatic rings. The van der Waals surface area contributed by atoms with Crippen molar-refractivity contribution in [2.75, 3.05) is 6.54 Å². The molecule has 0 saturated carbocycles. The van der Waals surface area contributed by atoms with Gasteiger partial charge in [-0.15, -0.1) is 15.3 Å². The molecule has 19 heavy (non-hydrogen) atoms. The topological polar surface area (TPSA) is 84.0 Å². The van der Waals surface area contributed by atoms with Crippen LogP contribution in [-0.2, 0) is 4.84 Å². The van der Waals surface area contributed by atoms with Crippen molar-refractivity contribution in [3.63, 3.8) is 0 Å². The summed E-state index contributed by atoms with van der Waals surface area (Å²) in [5.41, 5.74) is 0.529. The Kier molecular flexibility index (Phi) is 3.20. The smallest absolute Gasteiger partial charge is 0.357 e. The number of carbonyl (C=O) groups excluding carboxylic acids is 1. The van der Waals surface area contributed by atoms with E-state index < -0.39 is 0 Å². The van der Waals surface area contributed by atoms with Crippen LogP contribution in [0.1, 0.15) is 35.1 Å². The monoisotopic (exact) mass is 259 g/mol. The van der Waals surface area contributed by atoms with E-state index >= 15 is 0 Å². The second kappa shape index (κ2) is 5.15. The van der Waals surface area contributed by atoms with E-state index in [1.165, 1.54) is 0 Å². The molecule has 0 amide bonds. The largest absolute Gasteiger partial charge is 0.363 e. The Morgan fingerprint density at radius 2 is 2.21 bits per heavy atom. The van der Waals surface area contributed by atoms with E-state index in [1.54, 1.807) is 29.3 Å². The Hall–Kier alpha value is -2.28. The molecule has 2 heterocycles. The third-order valence-electron chi connectivity index (χ3n) is 3.07. The minimum atomic E-state index is -0.365. The zero-order valence-corrected chi connectivity index (χ0v) is 10.2. The molecule has 1 N–H and O–H groups in total. The number of nitrogens with zero attached hydrogens (tertiary/aromatic N) is 4. The van der Waals surface area contributed by atoms with Crippen LogP contribution in [0.2, 0.25) is 0 Å². The van der Waals surface area contributed by atoms with E-state index in [-0.39, 0.29) is 12.0 Å². The number of H-pyrrole nitrogens is 1. The van der Waals surface area contributed by atoms with Crippen LogP contribution in [0.3, 0.4) is 0 Å². The Balaban J connectivity index is 1.71. The summed E-state index contributed by atoms with van der Waals surface area (Å²) in [6.45, 7) is 0.678. The molecule has 2 aromatic rings. The Labute approximate surface area is 109 Å². The zero-order valence-electron chi connectivity index (χ0n) is 10.2. The lowest BCUT2D eigenvalue weighted by Gasteiger charge is -2.20. The molecule has 3 rings (SSSR count). The van der Waals surface area contributed by atoms with E-state index in [9.17, 15) is 4.79 Å². The molecule has 98 valence electrons. The maximum absolute atomic E-state index is 12.0. The SMILES string of the molecule is O=C(ON1CCCC1c1nn[nH]n1)c1ccccc1. The number of rotatable bonds is 3. The molecule has 0 radical (unpaired) electrons. The van der Waals surface area contributed by atoms with Gasteiger partial charge in [-0.3, -0.25) is 0 Å². The number of benzene rings is 1. The lowest BCUT2D eigenvalue weighted by Crippen LogP contribution is -2.27. The average molecular weight is 259 g/mol. The summed E-state index contributed by atoms with van der Waals surface area (Å²) in [4.78, 5) is 17.4. The Morgan fingerprint density at radius 1 is 1.37 bits per heavy atom. The fourth-order valence-corrected chi connectivity index (χ4v) is 2.15. The molecule has 1 atom stereocenters. The molecule has 0 aliphatic carbocycles. The van der Waals surface area contributed by atoms with Gasteiger partial charge in [0.2, 0.25) is 0 Å². The first-order chi connectivity index (χ1) is 9.34. The van der Waals surface area contributed by atoms with Crippen LogP contribution in [0.5, 0.6) is 0 Å². The molecule has 7 heteroatoms. The maximum atomic E-state index is 12.0. The van der Waals surface area contributed by atoms with E-state index in [0.717, 1.165) is 12.8 Å². The van der Waals surface area contributed by atoms with Gasteiger partial charge in [0.15, 0.2) is 5.82 Å². The highest BCUT2D eigenvalue weighted by molar-refractivity contribution is 5.89. The van der Waals surface area contributed by atoms with Gasteiger partial charge in [-0.05, 0) is 25.0 Å². The van der Waals surface area contributed by atoms with Crippen LogP contribution >= 0.6 is 0 Å². The first kappa shape index (κ1) is 11.8. The summed E-state index contributed by atoms with van der Waals surface area (Å²) in [5, 5.41) is 15.5. The van der Waals surface area contributed by atoms with Gasteiger partial charge < -0.3 is 4.84 Å². The van der Waals surface area contributed by atoms with Crippen molar-refractivity contribution in [1.82, 2.24) is 25.7 Å². The van der Waals surface area contributed by atoms with Crippen molar-refractivity contribution in [2.24, 2.45) is 0 Å². The number of carbonyl (C=O) groups is 1. The quantitative estimate of drug-likeness (QED) is 0.888. The van der Waals surface area contributed by atoms with Crippen molar-refractivity contribution in [2.45, 2.75) is 18.9 Å². The van der Waals surface area contributed by atoms with Crippen LogP contribution in [0.4, 0.5) is 0 Å². The molecular formula is C12H13N5O2. The lowest BCUT2D eigenvalue weighted by atomic mass is 10.2. The van der Waals surface area contributed by atoms with Gasteiger partial charge in [0, 0.05) is 6.54 Å². The van der Waals surface area contributed by atoms with Crippen LogP contribution < -0.4 is 0 Å². The zero-order chi connectivity index (χ0) is 13.1. The van der Waals surface area contributed by atoms with Gasteiger partial charge in [-0.2, -0.15) is 5.21 Å². The summed E-state index contributed by atoms with van der Waals surface area (Å²) in [6.07, 6.45) is 1.78. The van der Waals surface area contributed by atoms with Gasteiger partial charge in [-0.25, -0.2) is 4.79 Å². The summed E-state index contributed by atoms with van der Waals surface area (Å²) >= 11 is 0. The molecular weight excluding hydrogens is 246 g/mol. The Bertz CT molecular complexity index is 543. The van der Waals surface area contributed by atoms with Crippen molar-refractivity contribution in [3.05, 3.63) is 41.7 Å². The molecule has 7 nitrogen and oxygen atoms in total. The number of hydrogen-bond donors (Lipinski definition) is 1. The number of aromatic nitrogens is 4. The van der Waals surface area contributed by atoms with Crippen molar-refractivity contribution in [1.29, 1.82) is 0 Å². The molecule has 1 aromatic heterocycles. The van der Waals surface area contributed by atoms with E-state index in [0.29, 0.717) is 17.9 Å². The van der Waals surface area contributed by atoms with Crippen LogP contribution in [0.25, 0.3) is 0 Å². The number of nitrogens with one attached hydrogen (secondary N) is 1. The van der Waals surface area contributed by atoms with Crippen molar-refractivity contribution < 1.29 is 9.63 Å². The van der Waals surface area contributed by atoms with Crippen molar-refractivity contribution >= 4 is 5.97 Å². The van der Waals surface area contributed by atoms with Gasteiger partial charge in [0.05, 0.1) is 5.56 Å². The van der Waals surface area contributed by atoms with Gasteiger partial charge >= 0.3 is 5.97 Å². The fourth-order valence-electron chi connectivity index (χ4n) is 2.15. The summed E-state index contributed by atoms with van der Waals surface area (Å²) in [7, 11) is 0.